The highest BCUT2D eigenvalue weighted by atomic mass is 28.4. The first-order chi connectivity index (χ1) is 7.81. The maximum absolute atomic E-state index is 5.74. The molecule has 0 aromatic rings. The van der Waals surface area contributed by atoms with Gasteiger partial charge in [0.05, 0.1) is 23.3 Å². The predicted octanol–water partition coefficient (Wildman–Crippen LogP) is 4.38. The largest absolute Gasteiger partial charge is 0.698 e. The van der Waals surface area contributed by atoms with E-state index in [0.717, 1.165) is 18.9 Å². The van der Waals surface area contributed by atoms with Crippen molar-refractivity contribution in [2.45, 2.75) is 46.6 Å². The van der Waals surface area contributed by atoms with Gasteiger partial charge in [-0.15, -0.1) is 0 Å². The molecule has 0 radical (unpaired) electrons. The number of hydrogen-bond donors (Lipinski definition) is 0. The van der Waals surface area contributed by atoms with Gasteiger partial charge in [0.15, 0.2) is 0 Å². The molecule has 4 heteroatoms. The SMILES string of the molecule is C=C(C)O[Si](CCCC)(OC(=C)C)OC(=C)C. The lowest BCUT2D eigenvalue weighted by molar-refractivity contribution is 0.143. The first kappa shape index (κ1) is 15.8. The average molecular weight is 256 g/mol. The number of unbranched alkanes of at least 4 members (excludes halogenated alkanes) is 1. The minimum Gasteiger partial charge on any atom is -0.488 e. The van der Waals surface area contributed by atoms with Crippen LogP contribution in [0.15, 0.2) is 37.0 Å². The van der Waals surface area contributed by atoms with Gasteiger partial charge in [-0.25, -0.2) is 0 Å². The van der Waals surface area contributed by atoms with Crippen LogP contribution in [0, 0.1) is 0 Å². The molecule has 98 valence electrons. The van der Waals surface area contributed by atoms with Gasteiger partial charge in [-0.05, 0) is 27.2 Å². The zero-order valence-electron chi connectivity index (χ0n) is 11.5. The molecule has 0 aromatic heterocycles. The Kier molecular flexibility index (Phi) is 6.73. The monoisotopic (exact) mass is 256 g/mol. The number of hydrogen-bond acceptors (Lipinski definition) is 3. The van der Waals surface area contributed by atoms with Crippen LogP contribution in [0.25, 0.3) is 0 Å². The van der Waals surface area contributed by atoms with E-state index in [9.17, 15) is 0 Å². The number of allylic oxidation sites excluding steroid dienone is 3. The predicted molar refractivity (Wildman–Crippen MR) is 73.2 cm³/mol. The second kappa shape index (κ2) is 7.22. The van der Waals surface area contributed by atoms with Crippen LogP contribution in [0.4, 0.5) is 0 Å². The second-order valence-corrected chi connectivity index (χ2v) is 6.68. The van der Waals surface area contributed by atoms with Crippen LogP contribution >= 0.6 is 0 Å². The Hall–Kier alpha value is -1.16. The molecular weight excluding hydrogens is 232 g/mol. The molecule has 0 aromatic carbocycles. The van der Waals surface area contributed by atoms with Crippen LogP contribution in [0.5, 0.6) is 0 Å². The Morgan fingerprint density at radius 1 is 0.882 bits per heavy atom. The summed E-state index contributed by atoms with van der Waals surface area (Å²) in [4.78, 5) is 0. The molecule has 0 unspecified atom stereocenters. The van der Waals surface area contributed by atoms with Crippen molar-refractivity contribution in [1.29, 1.82) is 0 Å². The second-order valence-electron chi connectivity index (χ2n) is 4.20. The molecule has 0 bridgehead atoms. The number of rotatable bonds is 9. The van der Waals surface area contributed by atoms with Gasteiger partial charge in [0.2, 0.25) is 0 Å². The molecular formula is C13H24O3Si. The van der Waals surface area contributed by atoms with Crippen molar-refractivity contribution < 1.29 is 13.3 Å². The molecule has 0 rings (SSSR count). The van der Waals surface area contributed by atoms with Crippen molar-refractivity contribution in [3.05, 3.63) is 37.0 Å². The van der Waals surface area contributed by atoms with Crippen molar-refractivity contribution in [3.8, 4) is 0 Å². The van der Waals surface area contributed by atoms with Gasteiger partial charge in [0.25, 0.3) is 0 Å². The van der Waals surface area contributed by atoms with Crippen LogP contribution in [0.2, 0.25) is 6.04 Å². The quantitative estimate of drug-likeness (QED) is 0.453. The molecule has 0 saturated carbocycles. The maximum atomic E-state index is 5.74. The van der Waals surface area contributed by atoms with E-state index in [4.69, 9.17) is 13.3 Å². The Morgan fingerprint density at radius 3 is 1.47 bits per heavy atom. The fraction of sp³-hybridized carbons (Fsp3) is 0.538. The maximum Gasteiger partial charge on any atom is 0.698 e. The Balaban J connectivity index is 4.95. The highest BCUT2D eigenvalue weighted by molar-refractivity contribution is 6.61. The van der Waals surface area contributed by atoms with Gasteiger partial charge in [0.1, 0.15) is 0 Å². The zero-order valence-corrected chi connectivity index (χ0v) is 12.5. The Morgan fingerprint density at radius 2 is 1.24 bits per heavy atom. The molecule has 0 N–H and O–H groups in total. The zero-order chi connectivity index (χ0) is 13.5. The third-order valence-corrected chi connectivity index (χ3v) is 4.77. The lowest BCUT2D eigenvalue weighted by Gasteiger charge is -2.30. The summed E-state index contributed by atoms with van der Waals surface area (Å²) < 4.78 is 17.2. The molecule has 3 nitrogen and oxygen atoms in total. The lowest BCUT2D eigenvalue weighted by atomic mass is 10.4. The highest BCUT2D eigenvalue weighted by Crippen LogP contribution is 2.26. The topological polar surface area (TPSA) is 27.7 Å². The van der Waals surface area contributed by atoms with Crippen LogP contribution in [0.1, 0.15) is 40.5 Å². The third-order valence-electron chi connectivity index (χ3n) is 1.83. The summed E-state index contributed by atoms with van der Waals surface area (Å²) in [5.41, 5.74) is 0. The Labute approximate surface area is 106 Å². The molecule has 0 spiro atoms. The molecule has 0 amide bonds. The van der Waals surface area contributed by atoms with Gasteiger partial charge in [-0.1, -0.05) is 33.1 Å². The molecule has 0 heterocycles. The molecule has 0 aliphatic heterocycles. The van der Waals surface area contributed by atoms with Gasteiger partial charge in [0, 0.05) is 0 Å². The normalized spacial score (nSPS) is 10.6. The standard InChI is InChI=1S/C13H24O3Si/c1-8-9-10-17(14-11(2)3,15-12(4)5)16-13(6)7/h2,4,6,8-10H2,1,3,5,7H3. The molecule has 0 saturated heterocycles. The molecule has 0 fully saturated rings. The summed E-state index contributed by atoms with van der Waals surface area (Å²) in [6.45, 7) is 18.7. The average Bonchev–Trinajstić information content (AvgIpc) is 2.11. The first-order valence-corrected chi connectivity index (χ1v) is 7.78. The Bertz CT molecular complexity index is 256. The van der Waals surface area contributed by atoms with Crippen molar-refractivity contribution in [1.82, 2.24) is 0 Å². The van der Waals surface area contributed by atoms with E-state index < -0.39 is 8.80 Å². The summed E-state index contributed by atoms with van der Waals surface area (Å²) in [5, 5.41) is 0. The first-order valence-electron chi connectivity index (χ1n) is 5.85. The van der Waals surface area contributed by atoms with E-state index in [-0.39, 0.29) is 0 Å². The van der Waals surface area contributed by atoms with E-state index in [0.29, 0.717) is 17.3 Å². The van der Waals surface area contributed by atoms with Gasteiger partial charge in [-0.2, -0.15) is 0 Å². The van der Waals surface area contributed by atoms with E-state index in [2.05, 4.69) is 26.7 Å². The smallest absolute Gasteiger partial charge is 0.488 e. The fourth-order valence-corrected chi connectivity index (χ4v) is 4.22. The van der Waals surface area contributed by atoms with Crippen LogP contribution in [0.3, 0.4) is 0 Å². The van der Waals surface area contributed by atoms with Gasteiger partial charge >= 0.3 is 8.80 Å². The van der Waals surface area contributed by atoms with Crippen molar-refractivity contribution in [3.63, 3.8) is 0 Å². The summed E-state index contributed by atoms with van der Waals surface area (Å²) >= 11 is 0. The molecule has 0 atom stereocenters. The molecule has 17 heavy (non-hydrogen) atoms. The van der Waals surface area contributed by atoms with E-state index >= 15 is 0 Å². The van der Waals surface area contributed by atoms with Crippen molar-refractivity contribution >= 4 is 8.80 Å². The van der Waals surface area contributed by atoms with E-state index in [1.807, 2.05) is 0 Å². The minimum absolute atomic E-state index is 0.593. The van der Waals surface area contributed by atoms with Crippen LogP contribution in [-0.4, -0.2) is 8.80 Å². The summed E-state index contributed by atoms with van der Waals surface area (Å²) in [6.07, 6.45) is 2.02. The molecule has 0 aliphatic rings. The lowest BCUT2D eigenvalue weighted by Crippen LogP contribution is -2.44. The summed E-state index contributed by atoms with van der Waals surface area (Å²) in [5.74, 6) is 1.78. The summed E-state index contributed by atoms with van der Waals surface area (Å²) in [7, 11) is -2.80. The minimum atomic E-state index is -2.80. The molecule has 0 aliphatic carbocycles. The van der Waals surface area contributed by atoms with E-state index in [1.165, 1.54) is 0 Å². The third kappa shape index (κ3) is 6.89. The van der Waals surface area contributed by atoms with Crippen LogP contribution in [-0.2, 0) is 13.3 Å². The van der Waals surface area contributed by atoms with Gasteiger partial charge < -0.3 is 13.3 Å². The van der Waals surface area contributed by atoms with E-state index in [1.54, 1.807) is 20.8 Å². The van der Waals surface area contributed by atoms with Crippen molar-refractivity contribution in [2.24, 2.45) is 0 Å². The van der Waals surface area contributed by atoms with Crippen molar-refractivity contribution in [2.75, 3.05) is 0 Å². The fourth-order valence-electron chi connectivity index (χ4n) is 1.41. The summed E-state index contributed by atoms with van der Waals surface area (Å²) in [6, 6.07) is 0.732. The van der Waals surface area contributed by atoms with Crippen LogP contribution < -0.4 is 0 Å². The highest BCUT2D eigenvalue weighted by Gasteiger charge is 2.47. The van der Waals surface area contributed by atoms with Gasteiger partial charge in [-0.3, -0.25) is 0 Å².